The fourth-order valence-electron chi connectivity index (χ4n) is 1.06. The first-order chi connectivity index (χ1) is 6.80. The molecule has 3 nitrogen and oxygen atoms in total. The Kier molecular flexibility index (Phi) is 3.81. The average molecular weight is 191 g/mol. The molecule has 0 aromatic heterocycles. The maximum Gasteiger partial charge on any atom is 0.124 e. The molecule has 0 aliphatic rings. The molecule has 0 N–H and O–H groups in total. The van der Waals surface area contributed by atoms with Crippen molar-refractivity contribution in [3.05, 3.63) is 23.8 Å². The van der Waals surface area contributed by atoms with Crippen LogP contribution in [0.5, 0.6) is 11.5 Å². The maximum absolute atomic E-state index is 8.75. The first-order valence-corrected chi connectivity index (χ1v) is 4.52. The third-order valence-corrected chi connectivity index (χ3v) is 1.72. The van der Waals surface area contributed by atoms with E-state index in [1.54, 1.807) is 25.3 Å². The molecule has 1 rings (SSSR count). The lowest BCUT2D eigenvalue weighted by atomic mass is 10.2. The first kappa shape index (κ1) is 10.4. The van der Waals surface area contributed by atoms with Gasteiger partial charge in [-0.1, -0.05) is 6.92 Å². The van der Waals surface area contributed by atoms with Gasteiger partial charge < -0.3 is 9.47 Å². The molecule has 0 atom stereocenters. The molecule has 1 aromatic carbocycles. The molecule has 0 bridgehead atoms. The maximum atomic E-state index is 8.75. The molecular formula is C11H13NO2. The van der Waals surface area contributed by atoms with E-state index in [0.29, 0.717) is 23.7 Å². The fraction of sp³-hybridized carbons (Fsp3) is 0.364. The number of hydrogen-bond acceptors (Lipinski definition) is 3. The summed E-state index contributed by atoms with van der Waals surface area (Å²) in [4.78, 5) is 0. The first-order valence-electron chi connectivity index (χ1n) is 4.52. The van der Waals surface area contributed by atoms with E-state index < -0.39 is 0 Å². The van der Waals surface area contributed by atoms with Gasteiger partial charge in [-0.15, -0.1) is 0 Å². The second-order valence-corrected chi connectivity index (χ2v) is 2.86. The van der Waals surface area contributed by atoms with Crippen molar-refractivity contribution in [2.75, 3.05) is 13.7 Å². The Morgan fingerprint density at radius 3 is 2.57 bits per heavy atom. The van der Waals surface area contributed by atoms with Gasteiger partial charge in [-0.25, -0.2) is 0 Å². The van der Waals surface area contributed by atoms with E-state index in [9.17, 15) is 0 Å². The van der Waals surface area contributed by atoms with Gasteiger partial charge in [0.05, 0.1) is 25.3 Å². The summed E-state index contributed by atoms with van der Waals surface area (Å²) < 4.78 is 10.5. The highest BCUT2D eigenvalue weighted by molar-refractivity contribution is 5.43. The van der Waals surface area contributed by atoms with Crippen LogP contribution in [-0.4, -0.2) is 13.7 Å². The van der Waals surface area contributed by atoms with E-state index in [-0.39, 0.29) is 0 Å². The largest absolute Gasteiger partial charge is 0.497 e. The van der Waals surface area contributed by atoms with E-state index in [2.05, 4.69) is 6.07 Å². The topological polar surface area (TPSA) is 42.2 Å². The average Bonchev–Trinajstić information content (AvgIpc) is 2.25. The molecule has 0 aliphatic heterocycles. The van der Waals surface area contributed by atoms with E-state index >= 15 is 0 Å². The summed E-state index contributed by atoms with van der Waals surface area (Å²) in [5.74, 6) is 1.33. The SMILES string of the molecule is CCCOc1cc(C#N)cc(OC)c1. The Labute approximate surface area is 83.9 Å². The normalized spacial score (nSPS) is 9.21. The molecule has 1 aromatic rings. The van der Waals surface area contributed by atoms with Crippen LogP contribution in [0, 0.1) is 11.3 Å². The summed E-state index contributed by atoms with van der Waals surface area (Å²) in [5, 5.41) is 8.75. The summed E-state index contributed by atoms with van der Waals surface area (Å²) >= 11 is 0. The van der Waals surface area contributed by atoms with Gasteiger partial charge in [0.25, 0.3) is 0 Å². The third kappa shape index (κ3) is 2.67. The molecule has 0 spiro atoms. The number of nitriles is 1. The van der Waals surface area contributed by atoms with Crippen molar-refractivity contribution in [1.29, 1.82) is 5.26 Å². The van der Waals surface area contributed by atoms with Crippen LogP contribution in [-0.2, 0) is 0 Å². The van der Waals surface area contributed by atoms with Crippen LogP contribution >= 0.6 is 0 Å². The molecule has 0 saturated heterocycles. The van der Waals surface area contributed by atoms with Gasteiger partial charge in [0.1, 0.15) is 11.5 Å². The van der Waals surface area contributed by atoms with Crippen molar-refractivity contribution >= 4 is 0 Å². The zero-order chi connectivity index (χ0) is 10.4. The Morgan fingerprint density at radius 2 is 2.00 bits per heavy atom. The van der Waals surface area contributed by atoms with Crippen LogP contribution < -0.4 is 9.47 Å². The molecule has 0 fully saturated rings. The molecule has 0 unspecified atom stereocenters. The predicted molar refractivity (Wildman–Crippen MR) is 53.5 cm³/mol. The minimum absolute atomic E-state index is 0.551. The molecule has 0 saturated carbocycles. The zero-order valence-corrected chi connectivity index (χ0v) is 8.41. The highest BCUT2D eigenvalue weighted by Crippen LogP contribution is 2.22. The monoisotopic (exact) mass is 191 g/mol. The highest BCUT2D eigenvalue weighted by Gasteiger charge is 2.01. The zero-order valence-electron chi connectivity index (χ0n) is 8.41. The minimum Gasteiger partial charge on any atom is -0.497 e. The Bertz CT molecular complexity index is 342. The molecule has 3 heteroatoms. The lowest BCUT2D eigenvalue weighted by Crippen LogP contribution is -1.96. The summed E-state index contributed by atoms with van der Waals surface area (Å²) in [6.07, 6.45) is 0.944. The minimum atomic E-state index is 0.551. The molecule has 0 aliphatic carbocycles. The van der Waals surface area contributed by atoms with E-state index in [1.165, 1.54) is 0 Å². The van der Waals surface area contributed by atoms with Crippen LogP contribution in [0.3, 0.4) is 0 Å². The summed E-state index contributed by atoms with van der Waals surface area (Å²) in [6.45, 7) is 2.68. The van der Waals surface area contributed by atoms with Gasteiger partial charge >= 0.3 is 0 Å². The molecule has 0 heterocycles. The van der Waals surface area contributed by atoms with Crippen molar-refractivity contribution in [2.45, 2.75) is 13.3 Å². The lowest BCUT2D eigenvalue weighted by molar-refractivity contribution is 0.314. The van der Waals surface area contributed by atoms with Gasteiger partial charge in [0, 0.05) is 6.07 Å². The Morgan fingerprint density at radius 1 is 1.29 bits per heavy atom. The standard InChI is InChI=1S/C11H13NO2/c1-3-4-14-11-6-9(8-12)5-10(7-11)13-2/h5-7H,3-4H2,1-2H3. The summed E-state index contributed by atoms with van der Waals surface area (Å²) in [7, 11) is 1.57. The number of hydrogen-bond donors (Lipinski definition) is 0. The van der Waals surface area contributed by atoms with Gasteiger partial charge in [-0.05, 0) is 18.6 Å². The van der Waals surface area contributed by atoms with Gasteiger partial charge in [-0.2, -0.15) is 5.26 Å². The Balaban J connectivity index is 2.88. The molecular weight excluding hydrogens is 178 g/mol. The molecule has 0 radical (unpaired) electrons. The van der Waals surface area contributed by atoms with Gasteiger partial charge in [-0.3, -0.25) is 0 Å². The van der Waals surface area contributed by atoms with E-state index in [1.807, 2.05) is 6.92 Å². The highest BCUT2D eigenvalue weighted by atomic mass is 16.5. The summed E-state index contributed by atoms with van der Waals surface area (Å²) in [5.41, 5.74) is 0.551. The second kappa shape index (κ2) is 5.13. The van der Waals surface area contributed by atoms with Crippen LogP contribution in [0.1, 0.15) is 18.9 Å². The van der Waals surface area contributed by atoms with Crippen molar-refractivity contribution < 1.29 is 9.47 Å². The number of nitrogens with zero attached hydrogens (tertiary/aromatic N) is 1. The molecule has 14 heavy (non-hydrogen) atoms. The number of benzene rings is 1. The predicted octanol–water partition coefficient (Wildman–Crippen LogP) is 2.36. The Hall–Kier alpha value is -1.69. The van der Waals surface area contributed by atoms with Crippen LogP contribution in [0.25, 0.3) is 0 Å². The van der Waals surface area contributed by atoms with Gasteiger partial charge in [0.15, 0.2) is 0 Å². The van der Waals surface area contributed by atoms with Crippen molar-refractivity contribution in [3.63, 3.8) is 0 Å². The quantitative estimate of drug-likeness (QED) is 0.733. The molecule has 74 valence electrons. The van der Waals surface area contributed by atoms with Crippen molar-refractivity contribution in [1.82, 2.24) is 0 Å². The van der Waals surface area contributed by atoms with Crippen molar-refractivity contribution in [3.8, 4) is 17.6 Å². The third-order valence-electron chi connectivity index (χ3n) is 1.72. The number of rotatable bonds is 4. The smallest absolute Gasteiger partial charge is 0.124 e. The van der Waals surface area contributed by atoms with Crippen LogP contribution in [0.2, 0.25) is 0 Å². The number of methoxy groups -OCH3 is 1. The second-order valence-electron chi connectivity index (χ2n) is 2.86. The summed E-state index contributed by atoms with van der Waals surface area (Å²) in [6, 6.07) is 7.22. The van der Waals surface area contributed by atoms with Gasteiger partial charge in [0.2, 0.25) is 0 Å². The lowest BCUT2D eigenvalue weighted by Gasteiger charge is -2.06. The van der Waals surface area contributed by atoms with E-state index in [0.717, 1.165) is 6.42 Å². The van der Waals surface area contributed by atoms with Crippen molar-refractivity contribution in [2.24, 2.45) is 0 Å². The molecule has 0 amide bonds. The van der Waals surface area contributed by atoms with Crippen LogP contribution in [0.4, 0.5) is 0 Å². The van der Waals surface area contributed by atoms with E-state index in [4.69, 9.17) is 14.7 Å². The van der Waals surface area contributed by atoms with Crippen LogP contribution in [0.15, 0.2) is 18.2 Å². The number of ether oxygens (including phenoxy) is 2. The fourth-order valence-corrected chi connectivity index (χ4v) is 1.06.